The summed E-state index contributed by atoms with van der Waals surface area (Å²) in [6.07, 6.45) is -0.782. The molecule has 0 bridgehead atoms. The Labute approximate surface area is 106 Å². The third-order valence-corrected chi connectivity index (χ3v) is 4.06. The smallest absolute Gasteiger partial charge is 0.137 e. The average Bonchev–Trinajstić information content (AvgIpc) is 2.68. The minimum absolute atomic E-state index is 0.325. The maximum atomic E-state index is 13.3. The molecule has 0 fully saturated rings. The molecule has 1 aromatic heterocycles. The minimum Gasteiger partial charge on any atom is -0.384 e. The quantitative estimate of drug-likeness (QED) is 0.887. The largest absolute Gasteiger partial charge is 0.384 e. The molecule has 2 aromatic rings. The first-order valence-corrected chi connectivity index (χ1v) is 6.44. The highest BCUT2D eigenvalue weighted by Crippen LogP contribution is 2.32. The molecule has 1 nitrogen and oxygen atoms in total. The van der Waals surface area contributed by atoms with Crippen molar-refractivity contribution in [3.05, 3.63) is 55.9 Å². The topological polar surface area (TPSA) is 20.2 Å². The summed E-state index contributed by atoms with van der Waals surface area (Å²) >= 11 is 4.72. The van der Waals surface area contributed by atoms with Crippen LogP contribution >= 0.6 is 27.3 Å². The minimum atomic E-state index is -0.782. The van der Waals surface area contributed by atoms with Crippen molar-refractivity contribution >= 4 is 27.3 Å². The molecule has 1 aromatic carbocycles. The average molecular weight is 301 g/mol. The van der Waals surface area contributed by atoms with E-state index in [0.717, 1.165) is 10.4 Å². The van der Waals surface area contributed by atoms with Crippen molar-refractivity contribution in [1.29, 1.82) is 0 Å². The fraction of sp³-hybridized carbons (Fsp3) is 0.167. The highest BCUT2D eigenvalue weighted by atomic mass is 79.9. The molecule has 1 unspecified atom stereocenters. The van der Waals surface area contributed by atoms with Crippen molar-refractivity contribution in [3.63, 3.8) is 0 Å². The second kappa shape index (κ2) is 4.65. The Morgan fingerprint density at radius 1 is 1.44 bits per heavy atom. The number of rotatable bonds is 2. The number of benzene rings is 1. The third-order valence-electron chi connectivity index (χ3n) is 2.34. The maximum Gasteiger partial charge on any atom is 0.137 e. The lowest BCUT2D eigenvalue weighted by atomic mass is 10.0. The van der Waals surface area contributed by atoms with Crippen molar-refractivity contribution in [3.8, 4) is 0 Å². The van der Waals surface area contributed by atoms with Crippen LogP contribution in [0.5, 0.6) is 0 Å². The summed E-state index contributed by atoms with van der Waals surface area (Å²) in [7, 11) is 0. The van der Waals surface area contributed by atoms with Crippen LogP contribution in [0.4, 0.5) is 4.39 Å². The summed E-state index contributed by atoms with van der Waals surface area (Å²) in [5, 5.41) is 12.0. The van der Waals surface area contributed by atoms with Crippen LogP contribution in [0, 0.1) is 12.7 Å². The summed E-state index contributed by atoms with van der Waals surface area (Å²) in [6.45, 7) is 1.97. The maximum absolute atomic E-state index is 13.3. The van der Waals surface area contributed by atoms with Gasteiger partial charge in [0, 0.05) is 10.4 Å². The zero-order chi connectivity index (χ0) is 11.7. The molecule has 0 saturated heterocycles. The van der Waals surface area contributed by atoms with Crippen LogP contribution in [-0.4, -0.2) is 5.11 Å². The first-order chi connectivity index (χ1) is 7.59. The number of halogens is 2. The SMILES string of the molecule is Cc1cc(C(O)c2cccc(F)c2Br)cs1. The van der Waals surface area contributed by atoms with Gasteiger partial charge in [-0.3, -0.25) is 0 Å². The molecule has 0 aliphatic carbocycles. The van der Waals surface area contributed by atoms with E-state index in [0.29, 0.717) is 10.0 Å². The highest BCUT2D eigenvalue weighted by molar-refractivity contribution is 9.10. The van der Waals surface area contributed by atoms with Crippen LogP contribution in [0.3, 0.4) is 0 Å². The Kier molecular flexibility index (Phi) is 3.42. The monoisotopic (exact) mass is 300 g/mol. The van der Waals surface area contributed by atoms with Crippen LogP contribution in [0.2, 0.25) is 0 Å². The first-order valence-electron chi connectivity index (χ1n) is 4.76. The Bertz CT molecular complexity index is 509. The molecule has 0 saturated carbocycles. The van der Waals surface area contributed by atoms with Gasteiger partial charge in [-0.25, -0.2) is 4.39 Å². The third kappa shape index (κ3) is 2.19. The number of aliphatic hydroxyl groups excluding tert-OH is 1. The lowest BCUT2D eigenvalue weighted by molar-refractivity contribution is 0.219. The van der Waals surface area contributed by atoms with Gasteiger partial charge < -0.3 is 5.11 Å². The van der Waals surface area contributed by atoms with E-state index in [9.17, 15) is 9.50 Å². The van der Waals surface area contributed by atoms with Gasteiger partial charge in [0.15, 0.2) is 0 Å². The molecular formula is C12H10BrFOS. The van der Waals surface area contributed by atoms with Crippen LogP contribution in [-0.2, 0) is 0 Å². The van der Waals surface area contributed by atoms with Crippen LogP contribution < -0.4 is 0 Å². The van der Waals surface area contributed by atoms with Crippen LogP contribution in [0.25, 0.3) is 0 Å². The summed E-state index contributed by atoms with van der Waals surface area (Å²) in [5.74, 6) is -0.358. The van der Waals surface area contributed by atoms with Gasteiger partial charge in [0.2, 0.25) is 0 Å². The van der Waals surface area contributed by atoms with Crippen molar-refractivity contribution in [1.82, 2.24) is 0 Å². The fourth-order valence-corrected chi connectivity index (χ4v) is 2.72. The zero-order valence-corrected chi connectivity index (χ0v) is 11.0. The van der Waals surface area contributed by atoms with Gasteiger partial charge in [-0.2, -0.15) is 0 Å². The molecule has 4 heteroatoms. The van der Waals surface area contributed by atoms with E-state index < -0.39 is 6.10 Å². The lowest BCUT2D eigenvalue weighted by Gasteiger charge is -2.11. The Hall–Kier alpha value is -0.710. The number of aryl methyl sites for hydroxylation is 1. The molecule has 2 rings (SSSR count). The molecule has 0 spiro atoms. The van der Waals surface area contributed by atoms with Gasteiger partial charge in [0.05, 0.1) is 4.47 Å². The predicted molar refractivity (Wildman–Crippen MR) is 67.2 cm³/mol. The second-order valence-corrected chi connectivity index (χ2v) is 5.44. The summed E-state index contributed by atoms with van der Waals surface area (Å²) in [4.78, 5) is 1.13. The van der Waals surface area contributed by atoms with Crippen molar-refractivity contribution in [2.75, 3.05) is 0 Å². The van der Waals surface area contributed by atoms with E-state index in [-0.39, 0.29) is 5.82 Å². The summed E-state index contributed by atoms with van der Waals surface area (Å²) in [5.41, 5.74) is 1.35. The van der Waals surface area contributed by atoms with Crippen molar-refractivity contribution in [2.24, 2.45) is 0 Å². The van der Waals surface area contributed by atoms with Gasteiger partial charge >= 0.3 is 0 Å². The summed E-state index contributed by atoms with van der Waals surface area (Å²) in [6, 6.07) is 6.58. The first kappa shape index (κ1) is 11.8. The van der Waals surface area contributed by atoms with Gasteiger partial charge in [-0.05, 0) is 45.9 Å². The molecule has 16 heavy (non-hydrogen) atoms. The van der Waals surface area contributed by atoms with E-state index in [1.54, 1.807) is 23.5 Å². The standard InChI is InChI=1S/C12H10BrFOS/c1-7-5-8(6-16-7)12(15)9-3-2-4-10(14)11(9)13/h2-6,12,15H,1H3. The Balaban J connectivity index is 2.41. The number of hydrogen-bond acceptors (Lipinski definition) is 2. The molecule has 0 radical (unpaired) electrons. The normalized spacial score (nSPS) is 12.8. The highest BCUT2D eigenvalue weighted by Gasteiger charge is 2.16. The molecule has 84 valence electrons. The Morgan fingerprint density at radius 2 is 2.19 bits per heavy atom. The van der Waals surface area contributed by atoms with Gasteiger partial charge in [-0.1, -0.05) is 12.1 Å². The van der Waals surface area contributed by atoms with Crippen molar-refractivity contribution in [2.45, 2.75) is 13.0 Å². The lowest BCUT2D eigenvalue weighted by Crippen LogP contribution is -2.00. The molecule has 1 atom stereocenters. The van der Waals surface area contributed by atoms with E-state index in [1.165, 1.54) is 6.07 Å². The second-order valence-electron chi connectivity index (χ2n) is 3.54. The molecule has 1 N–H and O–H groups in total. The van der Waals surface area contributed by atoms with E-state index >= 15 is 0 Å². The van der Waals surface area contributed by atoms with E-state index in [4.69, 9.17) is 0 Å². The molecule has 0 amide bonds. The predicted octanol–water partition coefficient (Wildman–Crippen LogP) is 4.04. The Morgan fingerprint density at radius 3 is 2.81 bits per heavy atom. The summed E-state index contributed by atoms with van der Waals surface area (Å²) < 4.78 is 13.6. The van der Waals surface area contributed by atoms with Crippen LogP contribution in [0.15, 0.2) is 34.1 Å². The number of thiophene rings is 1. The van der Waals surface area contributed by atoms with Crippen LogP contribution in [0.1, 0.15) is 22.1 Å². The molecule has 0 aliphatic rings. The molecular weight excluding hydrogens is 291 g/mol. The van der Waals surface area contributed by atoms with Crippen molar-refractivity contribution < 1.29 is 9.50 Å². The molecule has 1 heterocycles. The number of aliphatic hydroxyl groups is 1. The zero-order valence-electron chi connectivity index (χ0n) is 8.58. The van der Waals surface area contributed by atoms with Gasteiger partial charge in [-0.15, -0.1) is 11.3 Å². The van der Waals surface area contributed by atoms with Gasteiger partial charge in [0.25, 0.3) is 0 Å². The van der Waals surface area contributed by atoms with E-state index in [2.05, 4.69) is 15.9 Å². The van der Waals surface area contributed by atoms with Gasteiger partial charge in [0.1, 0.15) is 11.9 Å². The number of hydrogen-bond donors (Lipinski definition) is 1. The molecule has 0 aliphatic heterocycles. The van der Waals surface area contributed by atoms with E-state index in [1.807, 2.05) is 18.4 Å². The fourth-order valence-electron chi connectivity index (χ4n) is 1.52.